The van der Waals surface area contributed by atoms with E-state index in [0.29, 0.717) is 6.54 Å². The number of carbonyl (C=O) groups excluding carboxylic acids is 2. The fourth-order valence-corrected chi connectivity index (χ4v) is 5.59. The van der Waals surface area contributed by atoms with E-state index in [9.17, 15) is 18.0 Å². The molecule has 0 saturated heterocycles. The molecule has 0 fully saturated rings. The van der Waals surface area contributed by atoms with Gasteiger partial charge in [0.2, 0.25) is 21.8 Å². The number of anilines is 1. The molecule has 10 heteroatoms. The SMILES string of the molecule is CCCCNC(=O)C(Cc1ccccc1)N(Cc1ccccc1C)C(=O)CN(c1cc(Cl)ccc1Cl)S(C)(=O)=O. The molecule has 3 rings (SSSR count). The Kier molecular flexibility index (Phi) is 11.4. The van der Waals surface area contributed by atoms with Gasteiger partial charge in [-0.25, -0.2) is 8.42 Å². The highest BCUT2D eigenvalue weighted by molar-refractivity contribution is 7.92. The van der Waals surface area contributed by atoms with Gasteiger partial charge in [-0.1, -0.05) is 91.1 Å². The van der Waals surface area contributed by atoms with Gasteiger partial charge in [0.05, 0.1) is 17.0 Å². The lowest BCUT2D eigenvalue weighted by Crippen LogP contribution is -2.53. The molecular formula is C30H35Cl2N3O4S. The summed E-state index contributed by atoms with van der Waals surface area (Å²) in [5.41, 5.74) is 2.76. The number of sulfonamides is 1. The van der Waals surface area contributed by atoms with Gasteiger partial charge in [-0.05, 0) is 48.2 Å². The highest BCUT2D eigenvalue weighted by Gasteiger charge is 2.33. The Bertz CT molecular complexity index is 1420. The average molecular weight is 605 g/mol. The smallest absolute Gasteiger partial charge is 0.244 e. The minimum Gasteiger partial charge on any atom is -0.354 e. The first kappa shape index (κ1) is 31.5. The molecule has 0 aliphatic heterocycles. The quantitative estimate of drug-likeness (QED) is 0.257. The van der Waals surface area contributed by atoms with E-state index in [4.69, 9.17) is 23.2 Å². The van der Waals surface area contributed by atoms with Crippen LogP contribution >= 0.6 is 23.2 Å². The largest absolute Gasteiger partial charge is 0.354 e. The van der Waals surface area contributed by atoms with Crippen LogP contribution in [0.5, 0.6) is 0 Å². The average Bonchev–Trinajstić information content (AvgIpc) is 2.91. The van der Waals surface area contributed by atoms with Crippen molar-refractivity contribution >= 4 is 50.7 Å². The standard InChI is InChI=1S/C30H35Cl2N3O4S/c1-4-5-17-33-30(37)28(18-23-12-7-6-8-13-23)34(20-24-14-10-9-11-22(24)2)29(36)21-35(40(3,38)39)27-19-25(31)15-16-26(27)32/h6-16,19,28H,4-5,17-18,20-21H2,1-3H3,(H,33,37). The summed E-state index contributed by atoms with van der Waals surface area (Å²) in [5.74, 6) is -0.845. The summed E-state index contributed by atoms with van der Waals surface area (Å²) in [5, 5.41) is 3.37. The van der Waals surface area contributed by atoms with Gasteiger partial charge >= 0.3 is 0 Å². The first-order chi connectivity index (χ1) is 19.0. The molecule has 0 aromatic heterocycles. The van der Waals surface area contributed by atoms with E-state index in [-0.39, 0.29) is 34.6 Å². The Morgan fingerprint density at radius 1 is 0.975 bits per heavy atom. The Morgan fingerprint density at radius 3 is 2.30 bits per heavy atom. The highest BCUT2D eigenvalue weighted by Crippen LogP contribution is 2.31. The van der Waals surface area contributed by atoms with Crippen molar-refractivity contribution in [2.75, 3.05) is 23.7 Å². The van der Waals surface area contributed by atoms with Crippen molar-refractivity contribution in [2.24, 2.45) is 0 Å². The number of nitrogens with one attached hydrogen (secondary N) is 1. The molecule has 0 aliphatic rings. The number of hydrogen-bond acceptors (Lipinski definition) is 4. The topological polar surface area (TPSA) is 86.8 Å². The second-order valence-electron chi connectivity index (χ2n) is 9.66. The zero-order valence-electron chi connectivity index (χ0n) is 22.9. The third-order valence-corrected chi connectivity index (χ3v) is 8.24. The fraction of sp³-hybridized carbons (Fsp3) is 0.333. The number of halogens is 2. The summed E-state index contributed by atoms with van der Waals surface area (Å²) in [6.07, 6.45) is 2.96. The van der Waals surface area contributed by atoms with Crippen molar-refractivity contribution in [3.05, 3.63) is 99.5 Å². The number of hydrogen-bond donors (Lipinski definition) is 1. The third kappa shape index (κ3) is 8.71. The second kappa shape index (κ2) is 14.5. The molecule has 0 radical (unpaired) electrons. The zero-order chi connectivity index (χ0) is 29.3. The van der Waals surface area contributed by atoms with Crippen molar-refractivity contribution in [3.63, 3.8) is 0 Å². The zero-order valence-corrected chi connectivity index (χ0v) is 25.3. The van der Waals surface area contributed by atoms with Gasteiger partial charge in [0.25, 0.3) is 0 Å². The molecule has 0 heterocycles. The van der Waals surface area contributed by atoms with Gasteiger partial charge < -0.3 is 10.2 Å². The summed E-state index contributed by atoms with van der Waals surface area (Å²) in [7, 11) is -3.95. The monoisotopic (exact) mass is 603 g/mol. The Balaban J connectivity index is 2.07. The lowest BCUT2D eigenvalue weighted by atomic mass is 10.0. The lowest BCUT2D eigenvalue weighted by molar-refractivity contribution is -0.140. The number of unbranched alkanes of at least 4 members (excludes halogenated alkanes) is 1. The number of aryl methyl sites for hydroxylation is 1. The van der Waals surface area contributed by atoms with Crippen molar-refractivity contribution in [3.8, 4) is 0 Å². The van der Waals surface area contributed by atoms with Crippen LogP contribution in [-0.2, 0) is 32.6 Å². The number of amides is 2. The van der Waals surface area contributed by atoms with E-state index in [2.05, 4.69) is 5.32 Å². The molecule has 2 amide bonds. The van der Waals surface area contributed by atoms with Crippen LogP contribution in [0.25, 0.3) is 0 Å². The number of rotatable bonds is 13. The van der Waals surface area contributed by atoms with Crippen LogP contribution in [-0.4, -0.2) is 50.5 Å². The molecule has 1 N–H and O–H groups in total. The normalized spacial score (nSPS) is 12.0. The van der Waals surface area contributed by atoms with Gasteiger partial charge in [0.15, 0.2) is 0 Å². The maximum Gasteiger partial charge on any atom is 0.244 e. The molecule has 3 aromatic carbocycles. The molecule has 0 aliphatic carbocycles. The van der Waals surface area contributed by atoms with Gasteiger partial charge in [0, 0.05) is 24.5 Å². The van der Waals surface area contributed by atoms with E-state index in [1.807, 2.05) is 68.4 Å². The van der Waals surface area contributed by atoms with Gasteiger partial charge in [-0.15, -0.1) is 0 Å². The molecule has 1 unspecified atom stereocenters. The summed E-state index contributed by atoms with van der Waals surface area (Å²) in [6, 6.07) is 20.6. The van der Waals surface area contributed by atoms with E-state index in [1.54, 1.807) is 0 Å². The van der Waals surface area contributed by atoms with E-state index in [0.717, 1.165) is 40.1 Å². The van der Waals surface area contributed by atoms with Crippen LogP contribution < -0.4 is 9.62 Å². The van der Waals surface area contributed by atoms with E-state index in [1.165, 1.54) is 23.1 Å². The van der Waals surface area contributed by atoms with Crippen molar-refractivity contribution in [1.29, 1.82) is 0 Å². The van der Waals surface area contributed by atoms with E-state index < -0.39 is 28.5 Å². The van der Waals surface area contributed by atoms with Crippen LogP contribution in [0.1, 0.15) is 36.5 Å². The summed E-state index contributed by atoms with van der Waals surface area (Å²) >= 11 is 12.5. The fourth-order valence-electron chi connectivity index (χ4n) is 4.30. The van der Waals surface area contributed by atoms with Crippen LogP contribution in [0.2, 0.25) is 10.0 Å². The van der Waals surface area contributed by atoms with Gasteiger partial charge in [-0.3, -0.25) is 13.9 Å². The second-order valence-corrected chi connectivity index (χ2v) is 12.4. The predicted octanol–water partition coefficient (Wildman–Crippen LogP) is 5.62. The van der Waals surface area contributed by atoms with Crippen molar-refractivity contribution in [2.45, 2.75) is 45.7 Å². The Labute approximate surface area is 247 Å². The van der Waals surface area contributed by atoms with Gasteiger partial charge in [0.1, 0.15) is 12.6 Å². The van der Waals surface area contributed by atoms with Crippen LogP contribution in [0.3, 0.4) is 0 Å². The number of nitrogens with zero attached hydrogens (tertiary/aromatic N) is 2. The molecular weight excluding hydrogens is 569 g/mol. The van der Waals surface area contributed by atoms with Crippen molar-refractivity contribution in [1.82, 2.24) is 10.2 Å². The molecule has 3 aromatic rings. The van der Waals surface area contributed by atoms with E-state index >= 15 is 0 Å². The molecule has 0 saturated carbocycles. The molecule has 40 heavy (non-hydrogen) atoms. The molecule has 7 nitrogen and oxygen atoms in total. The lowest BCUT2D eigenvalue weighted by Gasteiger charge is -2.34. The first-order valence-electron chi connectivity index (χ1n) is 13.1. The number of carbonyl (C=O) groups is 2. The minimum atomic E-state index is -3.95. The molecule has 214 valence electrons. The molecule has 0 bridgehead atoms. The summed E-state index contributed by atoms with van der Waals surface area (Å²) in [4.78, 5) is 29.2. The summed E-state index contributed by atoms with van der Waals surface area (Å²) < 4.78 is 26.8. The maximum atomic E-state index is 14.1. The number of benzene rings is 3. The minimum absolute atomic E-state index is 0.0906. The van der Waals surface area contributed by atoms with Crippen LogP contribution in [0, 0.1) is 6.92 Å². The Morgan fingerprint density at radius 2 is 1.65 bits per heavy atom. The highest BCUT2D eigenvalue weighted by atomic mass is 35.5. The summed E-state index contributed by atoms with van der Waals surface area (Å²) in [6.45, 7) is 3.99. The molecule has 1 atom stereocenters. The predicted molar refractivity (Wildman–Crippen MR) is 162 cm³/mol. The first-order valence-corrected chi connectivity index (χ1v) is 15.7. The van der Waals surface area contributed by atoms with Crippen LogP contribution in [0.4, 0.5) is 5.69 Å². The third-order valence-electron chi connectivity index (χ3n) is 6.56. The van der Waals surface area contributed by atoms with Gasteiger partial charge in [-0.2, -0.15) is 0 Å². The Hall–Kier alpha value is -3.07. The molecule has 0 spiro atoms. The van der Waals surface area contributed by atoms with Crippen molar-refractivity contribution < 1.29 is 18.0 Å². The van der Waals surface area contributed by atoms with Crippen LogP contribution in [0.15, 0.2) is 72.8 Å². The maximum absolute atomic E-state index is 14.1.